The standard InChI is InChI=1S/C12H24IN/c13-9-5-2-6-10-14-11-12-7-3-1-4-8-12/h12,14H,1-11H2. The number of rotatable bonds is 7. The molecular weight excluding hydrogens is 285 g/mol. The number of halogens is 1. The van der Waals surface area contributed by atoms with E-state index in [1.165, 1.54) is 68.9 Å². The number of unbranched alkanes of at least 4 members (excludes halogenated alkanes) is 2. The van der Waals surface area contributed by atoms with Crippen LogP contribution in [0.15, 0.2) is 0 Å². The second kappa shape index (κ2) is 8.96. The van der Waals surface area contributed by atoms with Crippen LogP contribution in [0.2, 0.25) is 0 Å². The van der Waals surface area contributed by atoms with Crippen LogP contribution < -0.4 is 5.32 Å². The zero-order chi connectivity index (χ0) is 10.1. The van der Waals surface area contributed by atoms with E-state index in [1.54, 1.807) is 0 Å². The second-order valence-corrected chi connectivity index (χ2v) is 5.54. The molecule has 0 aliphatic heterocycles. The van der Waals surface area contributed by atoms with Crippen molar-refractivity contribution in [3.8, 4) is 0 Å². The molecule has 0 aromatic rings. The molecule has 0 saturated heterocycles. The molecule has 1 N–H and O–H groups in total. The molecule has 0 atom stereocenters. The zero-order valence-electron chi connectivity index (χ0n) is 9.23. The number of alkyl halides is 1. The lowest BCUT2D eigenvalue weighted by atomic mass is 9.89. The summed E-state index contributed by atoms with van der Waals surface area (Å²) in [5.74, 6) is 0.994. The summed E-state index contributed by atoms with van der Waals surface area (Å²) in [5.41, 5.74) is 0. The Hall–Kier alpha value is 0.690. The van der Waals surface area contributed by atoms with Crippen molar-refractivity contribution in [2.75, 3.05) is 17.5 Å². The highest BCUT2D eigenvalue weighted by Gasteiger charge is 2.11. The maximum absolute atomic E-state index is 3.61. The van der Waals surface area contributed by atoms with Crippen LogP contribution in [0.4, 0.5) is 0 Å². The van der Waals surface area contributed by atoms with Gasteiger partial charge in [0.05, 0.1) is 0 Å². The first-order valence-electron chi connectivity index (χ1n) is 6.20. The molecule has 1 fully saturated rings. The van der Waals surface area contributed by atoms with Crippen molar-refractivity contribution in [1.29, 1.82) is 0 Å². The Labute approximate surface area is 103 Å². The van der Waals surface area contributed by atoms with Gasteiger partial charge in [-0.25, -0.2) is 0 Å². The Morgan fingerprint density at radius 3 is 2.50 bits per heavy atom. The van der Waals surface area contributed by atoms with Crippen molar-refractivity contribution in [3.05, 3.63) is 0 Å². The molecule has 0 amide bonds. The number of hydrogen-bond donors (Lipinski definition) is 1. The summed E-state index contributed by atoms with van der Waals surface area (Å²) in [6, 6.07) is 0. The van der Waals surface area contributed by atoms with Gasteiger partial charge in [0.25, 0.3) is 0 Å². The molecular formula is C12H24IN. The van der Waals surface area contributed by atoms with Gasteiger partial charge in [-0.3, -0.25) is 0 Å². The summed E-state index contributed by atoms with van der Waals surface area (Å²) >= 11 is 2.46. The van der Waals surface area contributed by atoms with Crippen LogP contribution in [0.3, 0.4) is 0 Å². The van der Waals surface area contributed by atoms with Crippen molar-refractivity contribution >= 4 is 22.6 Å². The van der Waals surface area contributed by atoms with E-state index in [4.69, 9.17) is 0 Å². The van der Waals surface area contributed by atoms with Gasteiger partial charge in [-0.2, -0.15) is 0 Å². The van der Waals surface area contributed by atoms with Gasteiger partial charge in [0.2, 0.25) is 0 Å². The summed E-state index contributed by atoms with van der Waals surface area (Å²) in [6.45, 7) is 2.53. The van der Waals surface area contributed by atoms with Gasteiger partial charge in [-0.15, -0.1) is 0 Å². The third-order valence-electron chi connectivity index (χ3n) is 3.14. The van der Waals surface area contributed by atoms with Gasteiger partial charge < -0.3 is 5.32 Å². The fourth-order valence-electron chi connectivity index (χ4n) is 2.22. The quantitative estimate of drug-likeness (QED) is 0.429. The molecule has 14 heavy (non-hydrogen) atoms. The molecule has 0 aromatic carbocycles. The average Bonchev–Trinajstić information content (AvgIpc) is 2.25. The minimum absolute atomic E-state index is 0.994. The lowest BCUT2D eigenvalue weighted by molar-refractivity contribution is 0.341. The molecule has 1 aliphatic rings. The first kappa shape index (κ1) is 12.8. The first-order chi connectivity index (χ1) is 6.93. The molecule has 0 unspecified atom stereocenters. The highest BCUT2D eigenvalue weighted by atomic mass is 127. The molecule has 0 aromatic heterocycles. The van der Waals surface area contributed by atoms with E-state index in [9.17, 15) is 0 Å². The normalized spacial score (nSPS) is 18.6. The van der Waals surface area contributed by atoms with Crippen LogP contribution >= 0.6 is 22.6 Å². The molecule has 1 saturated carbocycles. The van der Waals surface area contributed by atoms with Crippen LogP contribution in [0, 0.1) is 5.92 Å². The van der Waals surface area contributed by atoms with Crippen LogP contribution in [-0.2, 0) is 0 Å². The van der Waals surface area contributed by atoms with Gasteiger partial charge in [0.1, 0.15) is 0 Å². The molecule has 1 nitrogen and oxygen atoms in total. The van der Waals surface area contributed by atoms with Gasteiger partial charge in [-0.1, -0.05) is 48.3 Å². The highest BCUT2D eigenvalue weighted by Crippen LogP contribution is 2.22. The van der Waals surface area contributed by atoms with Crippen molar-refractivity contribution in [2.45, 2.75) is 51.4 Å². The predicted molar refractivity (Wildman–Crippen MR) is 72.2 cm³/mol. The summed E-state index contributed by atoms with van der Waals surface area (Å²) in [7, 11) is 0. The second-order valence-electron chi connectivity index (χ2n) is 4.46. The first-order valence-corrected chi connectivity index (χ1v) is 7.72. The third-order valence-corrected chi connectivity index (χ3v) is 3.91. The van der Waals surface area contributed by atoms with Crippen LogP contribution in [0.25, 0.3) is 0 Å². The average molecular weight is 309 g/mol. The van der Waals surface area contributed by atoms with Crippen molar-refractivity contribution < 1.29 is 0 Å². The lowest BCUT2D eigenvalue weighted by Crippen LogP contribution is -2.25. The Morgan fingerprint density at radius 1 is 1.00 bits per heavy atom. The van der Waals surface area contributed by atoms with E-state index in [-0.39, 0.29) is 0 Å². The largest absolute Gasteiger partial charge is 0.316 e. The van der Waals surface area contributed by atoms with Gasteiger partial charge >= 0.3 is 0 Å². The fourth-order valence-corrected chi connectivity index (χ4v) is 2.76. The maximum Gasteiger partial charge on any atom is -0.000472 e. The van der Waals surface area contributed by atoms with Crippen molar-refractivity contribution in [1.82, 2.24) is 5.32 Å². The van der Waals surface area contributed by atoms with Crippen LogP contribution in [0.5, 0.6) is 0 Å². The van der Waals surface area contributed by atoms with Crippen LogP contribution in [0.1, 0.15) is 51.4 Å². The summed E-state index contributed by atoms with van der Waals surface area (Å²) in [4.78, 5) is 0. The van der Waals surface area contributed by atoms with E-state index in [0.717, 1.165) is 5.92 Å². The smallest absolute Gasteiger partial charge is 0.000472 e. The molecule has 1 aliphatic carbocycles. The van der Waals surface area contributed by atoms with Crippen molar-refractivity contribution in [2.24, 2.45) is 5.92 Å². The SMILES string of the molecule is ICCCCCNCC1CCCCC1. The van der Waals surface area contributed by atoms with Crippen molar-refractivity contribution in [3.63, 3.8) is 0 Å². The highest BCUT2D eigenvalue weighted by molar-refractivity contribution is 14.1. The van der Waals surface area contributed by atoms with E-state index < -0.39 is 0 Å². The predicted octanol–water partition coefficient (Wildman–Crippen LogP) is 3.76. The lowest BCUT2D eigenvalue weighted by Gasteiger charge is -2.21. The van der Waals surface area contributed by atoms with E-state index >= 15 is 0 Å². The Bertz CT molecular complexity index is 121. The van der Waals surface area contributed by atoms with E-state index in [2.05, 4.69) is 27.9 Å². The summed E-state index contributed by atoms with van der Waals surface area (Å²) in [6.07, 6.45) is 11.5. The van der Waals surface area contributed by atoms with Gasteiger partial charge in [-0.05, 0) is 49.1 Å². The van der Waals surface area contributed by atoms with Gasteiger partial charge in [0.15, 0.2) is 0 Å². The Balaban J connectivity index is 1.82. The maximum atomic E-state index is 3.61. The van der Waals surface area contributed by atoms with Gasteiger partial charge in [0, 0.05) is 0 Å². The molecule has 0 heterocycles. The molecule has 2 heteroatoms. The minimum atomic E-state index is 0.994. The summed E-state index contributed by atoms with van der Waals surface area (Å²) in [5, 5.41) is 3.61. The topological polar surface area (TPSA) is 12.0 Å². The van der Waals surface area contributed by atoms with Crippen LogP contribution in [-0.4, -0.2) is 17.5 Å². The Morgan fingerprint density at radius 2 is 1.79 bits per heavy atom. The van der Waals surface area contributed by atoms with E-state index in [1.807, 2.05) is 0 Å². The molecule has 84 valence electrons. The Kier molecular flexibility index (Phi) is 8.16. The molecule has 0 spiro atoms. The summed E-state index contributed by atoms with van der Waals surface area (Å²) < 4.78 is 1.32. The molecule has 0 radical (unpaired) electrons. The fraction of sp³-hybridized carbons (Fsp3) is 1.00. The number of nitrogens with one attached hydrogen (secondary N) is 1. The third kappa shape index (κ3) is 6.23. The van der Waals surface area contributed by atoms with E-state index in [0.29, 0.717) is 0 Å². The molecule has 1 rings (SSSR count). The minimum Gasteiger partial charge on any atom is -0.316 e. The zero-order valence-corrected chi connectivity index (χ0v) is 11.4. The molecule has 0 bridgehead atoms. The monoisotopic (exact) mass is 309 g/mol. The number of hydrogen-bond acceptors (Lipinski definition) is 1.